The molecule has 1 heterocycles. The molecular formula is C26H22N2O5S. The lowest BCUT2D eigenvalue weighted by molar-refractivity contribution is 0.0971. The third kappa shape index (κ3) is 4.62. The van der Waals surface area contributed by atoms with E-state index in [1.165, 1.54) is 14.2 Å². The van der Waals surface area contributed by atoms with Crippen LogP contribution in [0.25, 0.3) is 22.1 Å². The molecule has 1 aromatic heterocycles. The van der Waals surface area contributed by atoms with Crippen LogP contribution in [0.2, 0.25) is 0 Å². The fourth-order valence-corrected chi connectivity index (χ4v) is 3.78. The van der Waals surface area contributed by atoms with Crippen molar-refractivity contribution in [3.8, 4) is 22.6 Å². The van der Waals surface area contributed by atoms with Crippen molar-refractivity contribution in [1.82, 2.24) is 5.32 Å². The van der Waals surface area contributed by atoms with Gasteiger partial charge in [-0.25, -0.2) is 4.79 Å². The van der Waals surface area contributed by atoms with Crippen LogP contribution in [0.1, 0.15) is 15.9 Å². The number of carbonyl (C=O) groups excluding carboxylic acids is 1. The van der Waals surface area contributed by atoms with Gasteiger partial charge < -0.3 is 19.2 Å². The van der Waals surface area contributed by atoms with Crippen molar-refractivity contribution in [2.75, 3.05) is 19.5 Å². The number of benzene rings is 3. The number of amides is 1. The van der Waals surface area contributed by atoms with Crippen molar-refractivity contribution in [1.29, 1.82) is 0 Å². The van der Waals surface area contributed by atoms with Crippen molar-refractivity contribution in [2.45, 2.75) is 6.92 Å². The molecule has 2 N–H and O–H groups in total. The van der Waals surface area contributed by atoms with Crippen LogP contribution in [0.15, 0.2) is 75.9 Å². The summed E-state index contributed by atoms with van der Waals surface area (Å²) in [5, 5.41) is 6.60. The Balaban J connectivity index is 1.59. The van der Waals surface area contributed by atoms with Gasteiger partial charge in [-0.05, 0) is 60.6 Å². The van der Waals surface area contributed by atoms with Gasteiger partial charge in [-0.3, -0.25) is 10.1 Å². The topological polar surface area (TPSA) is 89.8 Å². The molecule has 0 spiro atoms. The first-order chi connectivity index (χ1) is 16.4. The third-order valence-electron chi connectivity index (χ3n) is 5.32. The van der Waals surface area contributed by atoms with Gasteiger partial charge in [0.25, 0.3) is 5.91 Å². The zero-order valence-corrected chi connectivity index (χ0v) is 19.6. The number of thiocarbonyl (C=S) groups is 1. The van der Waals surface area contributed by atoms with Crippen molar-refractivity contribution in [3.63, 3.8) is 0 Å². The molecule has 172 valence electrons. The summed E-state index contributed by atoms with van der Waals surface area (Å²) in [6, 6.07) is 19.7. The maximum atomic E-state index is 12.9. The minimum absolute atomic E-state index is 0.0868. The largest absolute Gasteiger partial charge is 0.496 e. The number of fused-ring (bicyclic) bond motifs is 1. The molecular weight excluding hydrogens is 452 g/mol. The lowest BCUT2D eigenvalue weighted by Gasteiger charge is -2.15. The lowest BCUT2D eigenvalue weighted by Crippen LogP contribution is -2.34. The van der Waals surface area contributed by atoms with Crippen LogP contribution < -0.4 is 25.7 Å². The Hall–Kier alpha value is -4.17. The molecule has 0 saturated carbocycles. The van der Waals surface area contributed by atoms with Crippen LogP contribution in [-0.2, 0) is 0 Å². The van der Waals surface area contributed by atoms with Crippen molar-refractivity contribution < 1.29 is 18.7 Å². The van der Waals surface area contributed by atoms with E-state index in [0.717, 1.165) is 10.9 Å². The molecule has 8 heteroatoms. The maximum absolute atomic E-state index is 12.9. The second kappa shape index (κ2) is 9.76. The van der Waals surface area contributed by atoms with E-state index >= 15 is 0 Å². The van der Waals surface area contributed by atoms with Gasteiger partial charge in [0.05, 0.1) is 19.8 Å². The maximum Gasteiger partial charge on any atom is 0.344 e. The van der Waals surface area contributed by atoms with Gasteiger partial charge in [0, 0.05) is 11.1 Å². The molecule has 0 aliphatic rings. The summed E-state index contributed by atoms with van der Waals surface area (Å²) in [5.74, 6) is 0.248. The molecule has 34 heavy (non-hydrogen) atoms. The number of methoxy groups -OCH3 is 2. The van der Waals surface area contributed by atoms with Gasteiger partial charge in [0.1, 0.15) is 22.6 Å². The van der Waals surface area contributed by atoms with Gasteiger partial charge in [0.2, 0.25) is 0 Å². The van der Waals surface area contributed by atoms with Gasteiger partial charge in [-0.15, -0.1) is 0 Å². The van der Waals surface area contributed by atoms with Crippen LogP contribution >= 0.6 is 12.2 Å². The molecule has 0 radical (unpaired) electrons. The van der Waals surface area contributed by atoms with E-state index in [-0.39, 0.29) is 10.7 Å². The minimum Gasteiger partial charge on any atom is -0.496 e. The molecule has 0 saturated heterocycles. The van der Waals surface area contributed by atoms with Crippen LogP contribution in [0, 0.1) is 6.92 Å². The smallest absolute Gasteiger partial charge is 0.344 e. The summed E-state index contributed by atoms with van der Waals surface area (Å²) >= 11 is 5.37. The number of rotatable bonds is 5. The van der Waals surface area contributed by atoms with E-state index < -0.39 is 11.5 Å². The van der Waals surface area contributed by atoms with E-state index in [9.17, 15) is 9.59 Å². The summed E-state index contributed by atoms with van der Waals surface area (Å²) in [5.41, 5.74) is 2.92. The first kappa shape index (κ1) is 23.0. The normalized spacial score (nSPS) is 10.6. The van der Waals surface area contributed by atoms with Crippen LogP contribution in [0.4, 0.5) is 5.69 Å². The number of para-hydroxylation sites is 1. The predicted octanol–water partition coefficient (Wildman–Crippen LogP) is 4.91. The molecule has 1 amide bonds. The van der Waals surface area contributed by atoms with Crippen molar-refractivity contribution in [2.24, 2.45) is 0 Å². The van der Waals surface area contributed by atoms with Crippen LogP contribution in [0.5, 0.6) is 11.5 Å². The number of hydrogen-bond donors (Lipinski definition) is 2. The van der Waals surface area contributed by atoms with Gasteiger partial charge in [-0.1, -0.05) is 36.4 Å². The van der Waals surface area contributed by atoms with Crippen LogP contribution in [-0.4, -0.2) is 25.2 Å². The van der Waals surface area contributed by atoms with E-state index in [4.69, 9.17) is 26.1 Å². The first-order valence-corrected chi connectivity index (χ1v) is 10.8. The Labute approximate surface area is 201 Å². The Kier molecular flexibility index (Phi) is 6.60. The molecule has 0 atom stereocenters. The van der Waals surface area contributed by atoms with Gasteiger partial charge in [0.15, 0.2) is 5.11 Å². The molecule has 0 aliphatic heterocycles. The Morgan fingerprint density at radius 1 is 0.941 bits per heavy atom. The quantitative estimate of drug-likeness (QED) is 0.314. The van der Waals surface area contributed by atoms with E-state index in [1.54, 1.807) is 36.4 Å². The summed E-state index contributed by atoms with van der Waals surface area (Å²) in [6.07, 6.45) is 0. The molecule has 7 nitrogen and oxygen atoms in total. The molecule has 0 fully saturated rings. The number of ether oxygens (including phenoxy) is 2. The highest BCUT2D eigenvalue weighted by molar-refractivity contribution is 7.80. The predicted molar refractivity (Wildman–Crippen MR) is 136 cm³/mol. The second-order valence-electron chi connectivity index (χ2n) is 7.46. The average Bonchev–Trinajstić information content (AvgIpc) is 2.84. The molecule has 4 aromatic rings. The summed E-state index contributed by atoms with van der Waals surface area (Å²) in [4.78, 5) is 25.5. The highest BCUT2D eigenvalue weighted by Gasteiger charge is 2.19. The zero-order chi connectivity index (χ0) is 24.2. The Bertz CT molecular complexity index is 1440. The van der Waals surface area contributed by atoms with Gasteiger partial charge in [-0.2, -0.15) is 0 Å². The fraction of sp³-hybridized carbons (Fsp3) is 0.115. The molecule has 4 rings (SSSR count). The number of nitrogens with one attached hydrogen (secondary N) is 2. The highest BCUT2D eigenvalue weighted by atomic mass is 32.1. The van der Waals surface area contributed by atoms with E-state index in [0.29, 0.717) is 33.9 Å². The highest BCUT2D eigenvalue weighted by Crippen LogP contribution is 2.29. The Morgan fingerprint density at radius 3 is 2.35 bits per heavy atom. The summed E-state index contributed by atoms with van der Waals surface area (Å²) in [6.45, 7) is 1.89. The first-order valence-electron chi connectivity index (χ1n) is 10.4. The zero-order valence-electron chi connectivity index (χ0n) is 18.8. The number of aryl methyl sites for hydroxylation is 1. The van der Waals surface area contributed by atoms with Crippen molar-refractivity contribution in [3.05, 3.63) is 88.3 Å². The fourth-order valence-electron chi connectivity index (χ4n) is 3.58. The minimum atomic E-state index is -0.476. The molecule has 0 unspecified atom stereocenters. The molecule has 0 aliphatic carbocycles. The summed E-state index contributed by atoms with van der Waals surface area (Å²) in [7, 11) is 2.95. The third-order valence-corrected chi connectivity index (χ3v) is 5.52. The number of hydrogen-bond acceptors (Lipinski definition) is 6. The summed E-state index contributed by atoms with van der Waals surface area (Å²) < 4.78 is 16.0. The second-order valence-corrected chi connectivity index (χ2v) is 7.87. The number of anilines is 1. The Morgan fingerprint density at radius 2 is 1.65 bits per heavy atom. The SMILES string of the molecule is COc1cccc(OC)c1C(=O)NC(=S)Nc1cc(-c2cc3ccccc3oc2=O)ccc1C. The standard InChI is InChI=1S/C26H22N2O5S/c1-15-11-12-16(18-13-17-7-4-5-8-20(17)33-25(18)30)14-19(15)27-26(34)28-24(29)23-21(31-2)9-6-10-22(23)32-3/h4-14H,1-3H3,(H2,27,28,29,34). The number of carbonyl (C=O) groups is 1. The molecule has 0 bridgehead atoms. The van der Waals surface area contributed by atoms with Gasteiger partial charge >= 0.3 is 5.63 Å². The lowest BCUT2D eigenvalue weighted by atomic mass is 10.0. The van der Waals surface area contributed by atoms with Crippen molar-refractivity contribution >= 4 is 39.9 Å². The average molecular weight is 475 g/mol. The molecule has 3 aromatic carbocycles. The van der Waals surface area contributed by atoms with E-state index in [2.05, 4.69) is 10.6 Å². The van der Waals surface area contributed by atoms with Crippen LogP contribution in [0.3, 0.4) is 0 Å². The van der Waals surface area contributed by atoms with E-state index in [1.807, 2.05) is 37.3 Å². The monoisotopic (exact) mass is 474 g/mol.